The molecule has 3 aromatic heterocycles. The van der Waals surface area contributed by atoms with Gasteiger partial charge >= 0.3 is 0 Å². The molecule has 0 atom stereocenters. The van der Waals surface area contributed by atoms with Crippen LogP contribution in [-0.4, -0.2) is 30.0 Å². The van der Waals surface area contributed by atoms with Crippen LogP contribution in [0.4, 0.5) is 0 Å². The van der Waals surface area contributed by atoms with Crippen LogP contribution in [0, 0.1) is 0 Å². The summed E-state index contributed by atoms with van der Waals surface area (Å²) < 4.78 is 3.53. The molecule has 5 rings (SSSR count). The fourth-order valence-electron chi connectivity index (χ4n) is 3.08. The van der Waals surface area contributed by atoms with E-state index >= 15 is 0 Å². The van der Waals surface area contributed by atoms with Gasteiger partial charge in [-0.2, -0.15) is 9.78 Å². The Kier molecular flexibility index (Phi) is 4.63. The van der Waals surface area contributed by atoms with Crippen molar-refractivity contribution in [3.05, 3.63) is 82.3 Å². The van der Waals surface area contributed by atoms with E-state index in [0.29, 0.717) is 15.9 Å². The minimum atomic E-state index is 0.587. The van der Waals surface area contributed by atoms with Crippen molar-refractivity contribution in [1.29, 1.82) is 0 Å². The van der Waals surface area contributed by atoms with Gasteiger partial charge in [-0.3, -0.25) is 0 Å². The molecule has 5 aromatic rings. The molecule has 0 unspecified atom stereocenters. The van der Waals surface area contributed by atoms with Crippen LogP contribution in [0.2, 0.25) is 10.0 Å². The average molecular weight is 439 g/mol. The molecule has 0 bridgehead atoms. The summed E-state index contributed by atoms with van der Waals surface area (Å²) in [7, 11) is 0. The van der Waals surface area contributed by atoms with Gasteiger partial charge in [-0.15, -0.1) is 16.4 Å². The normalized spacial score (nSPS) is 11.1. The number of aromatic nitrogens is 6. The summed E-state index contributed by atoms with van der Waals surface area (Å²) >= 11 is 13.9. The molecule has 0 saturated heterocycles. The van der Waals surface area contributed by atoms with Crippen LogP contribution in [0.3, 0.4) is 0 Å². The quantitative estimate of drug-likeness (QED) is 0.368. The maximum atomic E-state index is 6.21. The molecule has 0 fully saturated rings. The van der Waals surface area contributed by atoms with Crippen LogP contribution < -0.4 is 0 Å². The molecule has 0 aliphatic carbocycles. The first kappa shape index (κ1) is 18.1. The highest BCUT2D eigenvalue weighted by molar-refractivity contribution is 7.13. The third kappa shape index (κ3) is 3.33. The van der Waals surface area contributed by atoms with Gasteiger partial charge in [-0.25, -0.2) is 4.68 Å². The number of tetrazole rings is 1. The molecule has 9 heteroatoms. The highest BCUT2D eigenvalue weighted by atomic mass is 35.5. The van der Waals surface area contributed by atoms with Crippen molar-refractivity contribution in [2.45, 2.75) is 0 Å². The van der Waals surface area contributed by atoms with Crippen molar-refractivity contribution < 1.29 is 0 Å². The van der Waals surface area contributed by atoms with Crippen molar-refractivity contribution >= 4 is 34.5 Å². The van der Waals surface area contributed by atoms with Crippen LogP contribution >= 0.6 is 34.5 Å². The number of nitrogens with zero attached hydrogens (tertiary/aromatic N) is 6. The Morgan fingerprint density at radius 2 is 1.69 bits per heavy atom. The predicted octanol–water partition coefficient (Wildman–Crippen LogP) is 5.55. The first-order valence-corrected chi connectivity index (χ1v) is 10.3. The number of benzene rings is 2. The van der Waals surface area contributed by atoms with E-state index in [9.17, 15) is 0 Å². The van der Waals surface area contributed by atoms with Gasteiger partial charge in [0.15, 0.2) is 5.82 Å². The smallest absolute Gasteiger partial charge is 0.190 e. The maximum absolute atomic E-state index is 6.21. The summed E-state index contributed by atoms with van der Waals surface area (Å²) in [6, 6.07) is 19.0. The second-order valence-electron chi connectivity index (χ2n) is 6.17. The minimum Gasteiger partial charge on any atom is -0.231 e. The Morgan fingerprint density at radius 1 is 0.828 bits per heavy atom. The van der Waals surface area contributed by atoms with E-state index in [2.05, 4.69) is 20.6 Å². The molecule has 0 spiro atoms. The standard InChI is InChI=1S/C20H12Cl2N6S/c21-13-6-8-15(9-7-13)28-20(24-25-26-28)17-12-23-27(16-4-1-3-14(22)11-16)19(17)18-5-2-10-29-18/h1-12H. The monoisotopic (exact) mass is 438 g/mol. The number of hydrogen-bond acceptors (Lipinski definition) is 5. The minimum absolute atomic E-state index is 0.587. The van der Waals surface area contributed by atoms with Crippen molar-refractivity contribution in [2.75, 3.05) is 0 Å². The van der Waals surface area contributed by atoms with Crippen molar-refractivity contribution in [3.63, 3.8) is 0 Å². The molecule has 0 amide bonds. The fraction of sp³-hybridized carbons (Fsp3) is 0. The molecular formula is C20H12Cl2N6S. The summed E-state index contributed by atoms with van der Waals surface area (Å²) in [6.07, 6.45) is 1.77. The van der Waals surface area contributed by atoms with Gasteiger partial charge in [0.2, 0.25) is 0 Å². The van der Waals surface area contributed by atoms with Crippen molar-refractivity contribution in [3.8, 4) is 33.3 Å². The van der Waals surface area contributed by atoms with Gasteiger partial charge in [-0.05, 0) is 64.3 Å². The van der Waals surface area contributed by atoms with Gasteiger partial charge in [-0.1, -0.05) is 35.3 Å². The molecule has 6 nitrogen and oxygen atoms in total. The van der Waals surface area contributed by atoms with Crippen LogP contribution in [0.15, 0.2) is 72.2 Å². The first-order valence-electron chi connectivity index (χ1n) is 8.63. The zero-order chi connectivity index (χ0) is 19.8. The third-order valence-electron chi connectivity index (χ3n) is 4.36. The fourth-order valence-corrected chi connectivity index (χ4v) is 4.16. The highest BCUT2D eigenvalue weighted by Crippen LogP contribution is 2.36. The van der Waals surface area contributed by atoms with Crippen LogP contribution in [0.5, 0.6) is 0 Å². The van der Waals surface area contributed by atoms with E-state index < -0.39 is 0 Å². The van der Waals surface area contributed by atoms with Gasteiger partial charge < -0.3 is 0 Å². The molecule has 2 aromatic carbocycles. The van der Waals surface area contributed by atoms with Crippen LogP contribution in [0.25, 0.3) is 33.3 Å². The number of hydrogen-bond donors (Lipinski definition) is 0. The maximum Gasteiger partial charge on any atom is 0.190 e. The molecule has 0 saturated carbocycles. The summed E-state index contributed by atoms with van der Waals surface area (Å²) in [5.41, 5.74) is 3.37. The molecule has 3 heterocycles. The summed E-state index contributed by atoms with van der Waals surface area (Å²) in [5.74, 6) is 0.587. The summed E-state index contributed by atoms with van der Waals surface area (Å²) in [4.78, 5) is 1.04. The zero-order valence-corrected chi connectivity index (χ0v) is 17.1. The van der Waals surface area contributed by atoms with Gasteiger partial charge in [0.25, 0.3) is 0 Å². The Labute approximate surface area is 179 Å². The average Bonchev–Trinajstić information content (AvgIpc) is 3.47. The van der Waals surface area contributed by atoms with E-state index in [1.54, 1.807) is 34.3 Å². The van der Waals surface area contributed by atoms with Gasteiger partial charge in [0.05, 0.1) is 33.7 Å². The van der Waals surface area contributed by atoms with Crippen molar-refractivity contribution in [2.24, 2.45) is 0 Å². The van der Waals surface area contributed by atoms with Gasteiger partial charge in [0, 0.05) is 10.0 Å². The van der Waals surface area contributed by atoms with Gasteiger partial charge in [0.1, 0.15) is 0 Å². The Bertz CT molecular complexity index is 1270. The lowest BCUT2D eigenvalue weighted by Gasteiger charge is -2.09. The van der Waals surface area contributed by atoms with Crippen LogP contribution in [-0.2, 0) is 0 Å². The second-order valence-corrected chi connectivity index (χ2v) is 7.99. The lowest BCUT2D eigenvalue weighted by atomic mass is 10.2. The zero-order valence-electron chi connectivity index (χ0n) is 14.8. The molecule has 0 radical (unpaired) electrons. The number of thiophene rings is 1. The molecule has 0 aliphatic rings. The van der Waals surface area contributed by atoms with E-state index in [4.69, 9.17) is 23.2 Å². The molecule has 29 heavy (non-hydrogen) atoms. The molecule has 142 valence electrons. The summed E-state index contributed by atoms with van der Waals surface area (Å²) in [6.45, 7) is 0. The Balaban J connectivity index is 1.72. The Hall–Kier alpha value is -3.00. The number of rotatable bonds is 4. The largest absolute Gasteiger partial charge is 0.231 e. The third-order valence-corrected chi connectivity index (χ3v) is 5.72. The predicted molar refractivity (Wildman–Crippen MR) is 115 cm³/mol. The van der Waals surface area contributed by atoms with Crippen LogP contribution in [0.1, 0.15) is 0 Å². The van der Waals surface area contributed by atoms with E-state index in [0.717, 1.165) is 27.5 Å². The SMILES string of the molecule is Clc1ccc(-n2nnnc2-c2cnn(-c3cccc(Cl)c3)c2-c2cccs2)cc1. The highest BCUT2D eigenvalue weighted by Gasteiger charge is 2.22. The molecule has 0 N–H and O–H groups in total. The second kappa shape index (κ2) is 7.44. The number of halogens is 2. The molecular weight excluding hydrogens is 427 g/mol. The Morgan fingerprint density at radius 3 is 2.45 bits per heavy atom. The first-order chi connectivity index (χ1) is 14.2. The summed E-state index contributed by atoms with van der Waals surface area (Å²) in [5, 5.41) is 20.3. The lowest BCUT2D eigenvalue weighted by Crippen LogP contribution is -2.01. The van der Waals surface area contributed by atoms with E-state index in [1.807, 2.05) is 58.6 Å². The van der Waals surface area contributed by atoms with E-state index in [1.165, 1.54) is 0 Å². The topological polar surface area (TPSA) is 61.4 Å². The molecule has 0 aliphatic heterocycles. The lowest BCUT2D eigenvalue weighted by molar-refractivity contribution is 0.791. The van der Waals surface area contributed by atoms with E-state index in [-0.39, 0.29) is 0 Å². The van der Waals surface area contributed by atoms with Crippen molar-refractivity contribution in [1.82, 2.24) is 30.0 Å².